The van der Waals surface area contributed by atoms with Crippen LogP contribution in [0, 0.1) is 0 Å². The second kappa shape index (κ2) is 3.81. The highest BCUT2D eigenvalue weighted by molar-refractivity contribution is 6.44. The van der Waals surface area contributed by atoms with E-state index >= 15 is 0 Å². The number of hydrogen-bond acceptors (Lipinski definition) is 4. The molecule has 0 aliphatic carbocycles. The highest BCUT2D eigenvalue weighted by Gasteiger charge is 2.17. The van der Waals surface area contributed by atoms with E-state index in [9.17, 15) is 4.79 Å². The molecule has 0 spiro atoms. The largest absolute Gasteiger partial charge is 0.465 e. The summed E-state index contributed by atoms with van der Waals surface area (Å²) in [6, 6.07) is 0. The van der Waals surface area contributed by atoms with Crippen LogP contribution >= 0.6 is 23.2 Å². The molecule has 70 valence electrons. The van der Waals surface area contributed by atoms with E-state index in [4.69, 9.17) is 28.9 Å². The van der Waals surface area contributed by atoms with E-state index in [0.717, 1.165) is 0 Å². The Balaban J connectivity index is 3.33. The van der Waals surface area contributed by atoms with E-state index < -0.39 is 5.97 Å². The number of aromatic nitrogens is 1. The quantitative estimate of drug-likeness (QED) is 0.733. The summed E-state index contributed by atoms with van der Waals surface area (Å²) < 4.78 is 4.45. The summed E-state index contributed by atoms with van der Waals surface area (Å²) in [5.74, 6) is -0.654. The molecule has 0 aromatic carbocycles. The number of ether oxygens (including phenoxy) is 1. The molecule has 0 aliphatic rings. The third-order valence-corrected chi connectivity index (χ3v) is 2.17. The van der Waals surface area contributed by atoms with Gasteiger partial charge >= 0.3 is 5.97 Å². The monoisotopic (exact) mass is 220 g/mol. The van der Waals surface area contributed by atoms with Crippen LogP contribution in [0.25, 0.3) is 0 Å². The van der Waals surface area contributed by atoms with Gasteiger partial charge in [-0.05, 0) is 0 Å². The van der Waals surface area contributed by atoms with E-state index in [-0.39, 0.29) is 21.4 Å². The molecule has 2 N–H and O–H groups in total. The van der Waals surface area contributed by atoms with Gasteiger partial charge in [-0.15, -0.1) is 0 Å². The van der Waals surface area contributed by atoms with Gasteiger partial charge in [0, 0.05) is 6.20 Å². The summed E-state index contributed by atoms with van der Waals surface area (Å²) in [5.41, 5.74) is 5.41. The van der Waals surface area contributed by atoms with Crippen molar-refractivity contribution < 1.29 is 9.53 Å². The Morgan fingerprint density at radius 1 is 1.62 bits per heavy atom. The van der Waals surface area contributed by atoms with E-state index in [2.05, 4.69) is 9.72 Å². The number of methoxy groups -OCH3 is 1. The molecule has 0 amide bonds. The minimum absolute atomic E-state index is 0.00116. The lowest BCUT2D eigenvalue weighted by molar-refractivity contribution is 0.0602. The Morgan fingerprint density at radius 2 is 2.23 bits per heavy atom. The molecular formula is C7H6Cl2N2O2. The van der Waals surface area contributed by atoms with Crippen molar-refractivity contribution in [1.29, 1.82) is 0 Å². The molecular weight excluding hydrogens is 215 g/mol. The fourth-order valence-corrected chi connectivity index (χ4v) is 1.14. The molecule has 6 heteroatoms. The van der Waals surface area contributed by atoms with Gasteiger partial charge in [0.25, 0.3) is 0 Å². The Kier molecular flexibility index (Phi) is 2.95. The van der Waals surface area contributed by atoms with Crippen LogP contribution in [0.15, 0.2) is 6.20 Å². The first-order chi connectivity index (χ1) is 6.07. The fraction of sp³-hybridized carbons (Fsp3) is 0.143. The van der Waals surface area contributed by atoms with Gasteiger partial charge < -0.3 is 10.5 Å². The minimum Gasteiger partial charge on any atom is -0.465 e. The maximum absolute atomic E-state index is 11.1. The molecule has 0 saturated heterocycles. The standard InChI is InChI=1S/C7H6Cl2N2O2/c1-13-7(12)4-5(9)3(8)2-11-6(4)10/h2H,1H3,(H2,10,11). The lowest BCUT2D eigenvalue weighted by atomic mass is 10.2. The number of nitrogens with zero attached hydrogens (tertiary/aromatic N) is 1. The van der Waals surface area contributed by atoms with Gasteiger partial charge in [-0.1, -0.05) is 23.2 Å². The van der Waals surface area contributed by atoms with Crippen LogP contribution in [0.4, 0.5) is 5.82 Å². The molecule has 0 aliphatic heterocycles. The first-order valence-corrected chi connectivity index (χ1v) is 4.01. The Labute approximate surface area is 84.6 Å². The normalized spacial score (nSPS) is 9.77. The van der Waals surface area contributed by atoms with Gasteiger partial charge in [0.15, 0.2) is 0 Å². The van der Waals surface area contributed by atoms with Gasteiger partial charge in [-0.3, -0.25) is 0 Å². The van der Waals surface area contributed by atoms with Crippen molar-refractivity contribution in [3.63, 3.8) is 0 Å². The van der Waals surface area contributed by atoms with Crippen molar-refractivity contribution in [2.24, 2.45) is 0 Å². The summed E-state index contributed by atoms with van der Waals surface area (Å²) >= 11 is 11.3. The third-order valence-electron chi connectivity index (χ3n) is 1.39. The summed E-state index contributed by atoms with van der Waals surface area (Å²) in [5, 5.41) is 0.220. The first-order valence-electron chi connectivity index (χ1n) is 3.25. The van der Waals surface area contributed by atoms with Gasteiger partial charge in [-0.2, -0.15) is 0 Å². The van der Waals surface area contributed by atoms with Crippen molar-refractivity contribution >= 4 is 35.0 Å². The van der Waals surface area contributed by atoms with Crippen molar-refractivity contribution in [3.05, 3.63) is 21.8 Å². The van der Waals surface area contributed by atoms with Crippen molar-refractivity contribution in [1.82, 2.24) is 4.98 Å². The van der Waals surface area contributed by atoms with Crippen LogP contribution in [0.3, 0.4) is 0 Å². The number of nitrogens with two attached hydrogens (primary N) is 1. The number of anilines is 1. The van der Waals surface area contributed by atoms with E-state index in [1.807, 2.05) is 0 Å². The van der Waals surface area contributed by atoms with E-state index in [1.54, 1.807) is 0 Å². The number of nitrogen functional groups attached to an aromatic ring is 1. The predicted octanol–water partition coefficient (Wildman–Crippen LogP) is 1.76. The van der Waals surface area contributed by atoms with Crippen LogP contribution in [0.5, 0.6) is 0 Å². The molecule has 13 heavy (non-hydrogen) atoms. The molecule has 0 bridgehead atoms. The van der Waals surface area contributed by atoms with E-state index in [0.29, 0.717) is 0 Å². The van der Waals surface area contributed by atoms with Crippen LogP contribution in [0.1, 0.15) is 10.4 Å². The number of rotatable bonds is 1. The van der Waals surface area contributed by atoms with Crippen LogP contribution in [0.2, 0.25) is 10.0 Å². The summed E-state index contributed by atoms with van der Waals surface area (Å²) in [6.07, 6.45) is 1.27. The topological polar surface area (TPSA) is 65.2 Å². The second-order valence-electron chi connectivity index (χ2n) is 2.17. The molecule has 0 radical (unpaired) electrons. The highest BCUT2D eigenvalue weighted by atomic mass is 35.5. The average Bonchev–Trinajstić information content (AvgIpc) is 2.12. The maximum Gasteiger partial charge on any atom is 0.343 e. The third kappa shape index (κ3) is 1.84. The molecule has 0 atom stereocenters. The number of halogens is 2. The highest BCUT2D eigenvalue weighted by Crippen LogP contribution is 2.28. The number of carbonyl (C=O) groups is 1. The average molecular weight is 221 g/mol. The number of hydrogen-bond donors (Lipinski definition) is 1. The number of carbonyl (C=O) groups excluding carboxylic acids is 1. The smallest absolute Gasteiger partial charge is 0.343 e. The maximum atomic E-state index is 11.1. The van der Waals surface area contributed by atoms with Crippen LogP contribution in [-0.4, -0.2) is 18.1 Å². The van der Waals surface area contributed by atoms with E-state index in [1.165, 1.54) is 13.3 Å². The zero-order valence-electron chi connectivity index (χ0n) is 6.67. The lowest BCUT2D eigenvalue weighted by Crippen LogP contribution is -2.08. The summed E-state index contributed by atoms with van der Waals surface area (Å²) in [6.45, 7) is 0. The fourth-order valence-electron chi connectivity index (χ4n) is 0.776. The molecule has 0 fully saturated rings. The molecule has 0 saturated carbocycles. The van der Waals surface area contributed by atoms with Crippen molar-refractivity contribution in [2.45, 2.75) is 0 Å². The van der Waals surface area contributed by atoms with Gasteiger partial charge in [0.1, 0.15) is 11.4 Å². The lowest BCUT2D eigenvalue weighted by Gasteiger charge is -2.05. The second-order valence-corrected chi connectivity index (χ2v) is 2.96. The van der Waals surface area contributed by atoms with Gasteiger partial charge in [0.2, 0.25) is 0 Å². The van der Waals surface area contributed by atoms with Crippen LogP contribution < -0.4 is 5.73 Å². The van der Waals surface area contributed by atoms with Crippen molar-refractivity contribution in [2.75, 3.05) is 12.8 Å². The van der Waals surface area contributed by atoms with Gasteiger partial charge in [-0.25, -0.2) is 9.78 Å². The molecule has 1 aromatic heterocycles. The predicted molar refractivity (Wildman–Crippen MR) is 50.0 cm³/mol. The molecule has 1 rings (SSSR count). The Morgan fingerprint density at radius 3 is 2.77 bits per heavy atom. The molecule has 4 nitrogen and oxygen atoms in total. The molecule has 0 unspecified atom stereocenters. The van der Waals surface area contributed by atoms with Crippen molar-refractivity contribution in [3.8, 4) is 0 Å². The summed E-state index contributed by atoms with van der Waals surface area (Å²) in [4.78, 5) is 14.8. The number of esters is 1. The van der Waals surface area contributed by atoms with Gasteiger partial charge in [0.05, 0.1) is 17.2 Å². The van der Waals surface area contributed by atoms with Crippen LogP contribution in [-0.2, 0) is 4.74 Å². The molecule has 1 aromatic rings. The SMILES string of the molecule is COC(=O)c1c(N)ncc(Cl)c1Cl. The first kappa shape index (κ1) is 10.1. The number of pyridine rings is 1. The summed E-state index contributed by atoms with van der Waals surface area (Å²) in [7, 11) is 1.22. The zero-order valence-corrected chi connectivity index (χ0v) is 8.19. The zero-order chi connectivity index (χ0) is 10.0. The minimum atomic E-state index is -0.655. The Hall–Kier alpha value is -1.000. The Bertz CT molecular complexity index is 355. The molecule has 1 heterocycles.